The van der Waals surface area contributed by atoms with Crippen molar-refractivity contribution in [1.29, 1.82) is 0 Å². The van der Waals surface area contributed by atoms with E-state index in [1.165, 1.54) is 12.1 Å². The Bertz CT molecular complexity index is 1230. The van der Waals surface area contributed by atoms with Crippen LogP contribution in [0, 0.1) is 11.2 Å². The average molecular weight is 413 g/mol. The van der Waals surface area contributed by atoms with E-state index in [9.17, 15) is 14.0 Å². The standard InChI is InChI=1S/C27H24FNO2/c1-27(2)15-23-26(24(30)16-27)22(21-9-5-7-17-6-3-4-8-20(17)21)14-25(31)29(23)19-12-10-18(28)11-13-19/h3-13,22H,14-16H2,1-2H3. The maximum absolute atomic E-state index is 13.5. The van der Waals surface area contributed by atoms with Gasteiger partial charge in [0.05, 0.1) is 0 Å². The van der Waals surface area contributed by atoms with E-state index in [0.29, 0.717) is 18.5 Å². The molecule has 1 aliphatic carbocycles. The van der Waals surface area contributed by atoms with Crippen LogP contribution in [0.1, 0.15) is 44.6 Å². The van der Waals surface area contributed by atoms with Crippen LogP contribution in [-0.2, 0) is 9.59 Å². The van der Waals surface area contributed by atoms with Gasteiger partial charge in [-0.1, -0.05) is 56.3 Å². The van der Waals surface area contributed by atoms with Gasteiger partial charge in [0.25, 0.3) is 0 Å². The van der Waals surface area contributed by atoms with Gasteiger partial charge >= 0.3 is 0 Å². The molecule has 0 spiro atoms. The Morgan fingerprint density at radius 2 is 1.61 bits per heavy atom. The van der Waals surface area contributed by atoms with Crippen LogP contribution in [0.4, 0.5) is 10.1 Å². The second-order valence-electron chi connectivity index (χ2n) is 9.33. The van der Waals surface area contributed by atoms with Crippen molar-refractivity contribution in [3.8, 4) is 0 Å². The number of ketones is 1. The van der Waals surface area contributed by atoms with Crippen LogP contribution in [-0.4, -0.2) is 11.7 Å². The molecule has 0 fully saturated rings. The van der Waals surface area contributed by atoms with E-state index in [1.807, 2.05) is 24.3 Å². The van der Waals surface area contributed by atoms with Crippen molar-refractivity contribution < 1.29 is 14.0 Å². The zero-order valence-corrected chi connectivity index (χ0v) is 17.7. The lowest BCUT2D eigenvalue weighted by Crippen LogP contribution is -2.43. The minimum Gasteiger partial charge on any atom is -0.294 e. The van der Waals surface area contributed by atoms with Gasteiger partial charge in [0, 0.05) is 35.7 Å². The summed E-state index contributed by atoms with van der Waals surface area (Å²) in [4.78, 5) is 28.6. The topological polar surface area (TPSA) is 37.4 Å². The number of Topliss-reactive ketones (excluding diaryl/α,β-unsaturated/α-hetero) is 1. The summed E-state index contributed by atoms with van der Waals surface area (Å²) in [6, 6.07) is 20.1. The highest BCUT2D eigenvalue weighted by Crippen LogP contribution is 2.49. The Morgan fingerprint density at radius 3 is 2.39 bits per heavy atom. The first-order valence-corrected chi connectivity index (χ1v) is 10.7. The fourth-order valence-corrected chi connectivity index (χ4v) is 5.13. The van der Waals surface area contributed by atoms with E-state index in [2.05, 4.69) is 32.0 Å². The fourth-order valence-electron chi connectivity index (χ4n) is 5.13. The van der Waals surface area contributed by atoms with Gasteiger partial charge in [-0.05, 0) is 52.4 Å². The fraction of sp³-hybridized carbons (Fsp3) is 0.259. The van der Waals surface area contributed by atoms with Crippen LogP contribution in [0.5, 0.6) is 0 Å². The lowest BCUT2D eigenvalue weighted by molar-refractivity contribution is -0.120. The van der Waals surface area contributed by atoms with Gasteiger partial charge < -0.3 is 0 Å². The first kappa shape index (κ1) is 19.7. The summed E-state index contributed by atoms with van der Waals surface area (Å²) in [6.07, 6.45) is 1.30. The molecular weight excluding hydrogens is 389 g/mol. The number of fused-ring (bicyclic) bond motifs is 1. The summed E-state index contributed by atoms with van der Waals surface area (Å²) in [5.41, 5.74) is 2.89. The third-order valence-electron chi connectivity index (χ3n) is 6.43. The number of hydrogen-bond donors (Lipinski definition) is 0. The second-order valence-corrected chi connectivity index (χ2v) is 9.33. The van der Waals surface area contributed by atoms with Crippen molar-refractivity contribution in [3.05, 3.63) is 89.4 Å². The van der Waals surface area contributed by atoms with E-state index in [1.54, 1.807) is 17.0 Å². The van der Waals surface area contributed by atoms with Crippen LogP contribution in [0.2, 0.25) is 0 Å². The molecule has 3 aromatic carbocycles. The Balaban J connectivity index is 1.73. The third-order valence-corrected chi connectivity index (χ3v) is 6.43. The van der Waals surface area contributed by atoms with E-state index in [4.69, 9.17) is 0 Å². The lowest BCUT2D eigenvalue weighted by Gasteiger charge is -2.43. The summed E-state index contributed by atoms with van der Waals surface area (Å²) in [7, 11) is 0. The smallest absolute Gasteiger partial charge is 0.232 e. The largest absolute Gasteiger partial charge is 0.294 e. The second kappa shape index (κ2) is 7.16. The molecule has 5 rings (SSSR count). The van der Waals surface area contributed by atoms with Gasteiger partial charge in [0.15, 0.2) is 5.78 Å². The first-order valence-electron chi connectivity index (χ1n) is 10.7. The van der Waals surface area contributed by atoms with Crippen molar-refractivity contribution in [2.24, 2.45) is 5.41 Å². The predicted molar refractivity (Wildman–Crippen MR) is 120 cm³/mol. The molecule has 0 saturated heterocycles. The molecule has 31 heavy (non-hydrogen) atoms. The highest BCUT2D eigenvalue weighted by Gasteiger charge is 2.44. The van der Waals surface area contributed by atoms with Gasteiger partial charge in [0.1, 0.15) is 5.82 Å². The van der Waals surface area contributed by atoms with Gasteiger partial charge in [-0.25, -0.2) is 4.39 Å². The van der Waals surface area contributed by atoms with Crippen molar-refractivity contribution in [1.82, 2.24) is 0 Å². The third kappa shape index (κ3) is 3.36. The number of halogens is 1. The molecule has 1 heterocycles. The molecule has 2 aliphatic rings. The number of hydrogen-bond acceptors (Lipinski definition) is 2. The van der Waals surface area contributed by atoms with Crippen molar-refractivity contribution >= 4 is 28.2 Å². The molecule has 1 unspecified atom stereocenters. The van der Waals surface area contributed by atoms with Gasteiger partial charge in [0.2, 0.25) is 5.91 Å². The number of carbonyl (C=O) groups excluding carboxylic acids is 2. The molecule has 3 aromatic rings. The molecule has 0 N–H and O–H groups in total. The quantitative estimate of drug-likeness (QED) is 0.506. The van der Waals surface area contributed by atoms with E-state index in [0.717, 1.165) is 27.6 Å². The molecule has 1 aliphatic heterocycles. The number of anilines is 1. The molecule has 0 aromatic heterocycles. The Morgan fingerprint density at radius 1 is 0.903 bits per heavy atom. The molecule has 1 atom stereocenters. The summed E-state index contributed by atoms with van der Waals surface area (Å²) < 4.78 is 13.5. The van der Waals surface area contributed by atoms with Crippen LogP contribution in [0.25, 0.3) is 10.8 Å². The Labute approximate surface area is 181 Å². The van der Waals surface area contributed by atoms with Gasteiger partial charge in [-0.3, -0.25) is 14.5 Å². The molecule has 1 amide bonds. The molecule has 0 radical (unpaired) electrons. The molecule has 3 nitrogen and oxygen atoms in total. The van der Waals surface area contributed by atoms with E-state index < -0.39 is 0 Å². The molecule has 0 saturated carbocycles. The maximum Gasteiger partial charge on any atom is 0.232 e. The Kier molecular flexibility index (Phi) is 4.54. The molecule has 0 bridgehead atoms. The number of allylic oxidation sites excluding steroid dienone is 2. The normalized spacial score (nSPS) is 20.9. The first-order chi connectivity index (χ1) is 14.8. The number of carbonyl (C=O) groups is 2. The van der Waals surface area contributed by atoms with E-state index >= 15 is 0 Å². The van der Waals surface area contributed by atoms with Crippen molar-refractivity contribution in [2.75, 3.05) is 4.90 Å². The summed E-state index contributed by atoms with van der Waals surface area (Å²) in [5.74, 6) is -0.581. The number of nitrogens with zero attached hydrogens (tertiary/aromatic N) is 1. The van der Waals surface area contributed by atoms with Crippen LogP contribution in [0.15, 0.2) is 78.0 Å². The minimum absolute atomic E-state index is 0.0613. The van der Waals surface area contributed by atoms with E-state index in [-0.39, 0.29) is 35.3 Å². The monoisotopic (exact) mass is 413 g/mol. The minimum atomic E-state index is -0.351. The number of amides is 1. The summed E-state index contributed by atoms with van der Waals surface area (Å²) in [6.45, 7) is 4.12. The lowest BCUT2D eigenvalue weighted by atomic mass is 9.69. The zero-order valence-electron chi connectivity index (χ0n) is 17.7. The highest BCUT2D eigenvalue weighted by atomic mass is 19.1. The molecular formula is C27H24FNO2. The molecule has 156 valence electrons. The van der Waals surface area contributed by atoms with Crippen LogP contribution >= 0.6 is 0 Å². The maximum atomic E-state index is 13.5. The summed E-state index contributed by atoms with van der Waals surface area (Å²) in [5, 5.41) is 2.17. The van der Waals surface area contributed by atoms with Crippen molar-refractivity contribution in [3.63, 3.8) is 0 Å². The van der Waals surface area contributed by atoms with Crippen LogP contribution < -0.4 is 4.90 Å². The van der Waals surface area contributed by atoms with Crippen molar-refractivity contribution in [2.45, 2.75) is 39.0 Å². The molecule has 4 heteroatoms. The number of benzene rings is 3. The predicted octanol–water partition coefficient (Wildman–Crippen LogP) is 6.14. The zero-order chi connectivity index (χ0) is 21.8. The summed E-state index contributed by atoms with van der Waals surface area (Å²) >= 11 is 0. The van der Waals surface area contributed by atoms with Crippen LogP contribution in [0.3, 0.4) is 0 Å². The number of rotatable bonds is 2. The Hall–Kier alpha value is -3.27. The van der Waals surface area contributed by atoms with Gasteiger partial charge in [-0.15, -0.1) is 0 Å². The SMILES string of the molecule is CC1(C)CC(=O)C2=C(C1)N(c1ccc(F)cc1)C(=O)CC2c1cccc2ccccc12. The average Bonchev–Trinajstić information content (AvgIpc) is 2.73. The highest BCUT2D eigenvalue weighted by molar-refractivity contribution is 6.08. The van der Waals surface area contributed by atoms with Gasteiger partial charge in [-0.2, -0.15) is 0 Å².